The van der Waals surface area contributed by atoms with Gasteiger partial charge in [-0.1, -0.05) is 28.9 Å². The van der Waals surface area contributed by atoms with E-state index in [0.29, 0.717) is 35.3 Å². The standard InChI is InChI=1S/C16H20ClN5O2.HI/c1-18-16(20-13-5-7-23-8-6-13)19-10-14-21-15(22-24-14)11-3-2-4-12(17)9-11;/h2-4,9,13H,5-8,10H2,1H3,(H2,18,19,20);1H. The van der Waals surface area contributed by atoms with E-state index in [1.54, 1.807) is 19.2 Å². The maximum Gasteiger partial charge on any atom is 0.246 e. The predicted molar refractivity (Wildman–Crippen MR) is 107 cm³/mol. The highest BCUT2D eigenvalue weighted by Gasteiger charge is 2.15. The second kappa shape index (κ2) is 9.93. The quantitative estimate of drug-likeness (QED) is 0.400. The molecular weight excluding hydrogens is 457 g/mol. The maximum absolute atomic E-state index is 5.98. The lowest BCUT2D eigenvalue weighted by molar-refractivity contribution is 0.0822. The third-order valence-electron chi connectivity index (χ3n) is 3.74. The summed E-state index contributed by atoms with van der Waals surface area (Å²) < 4.78 is 10.6. The molecule has 0 aliphatic carbocycles. The number of hydrogen-bond donors (Lipinski definition) is 2. The van der Waals surface area contributed by atoms with Crippen molar-refractivity contribution < 1.29 is 9.26 Å². The molecule has 1 aromatic heterocycles. The zero-order valence-electron chi connectivity index (χ0n) is 13.9. The molecule has 1 saturated heterocycles. The molecule has 2 heterocycles. The molecule has 0 unspecified atom stereocenters. The summed E-state index contributed by atoms with van der Waals surface area (Å²) in [4.78, 5) is 8.59. The molecule has 3 rings (SSSR count). The largest absolute Gasteiger partial charge is 0.381 e. The van der Waals surface area contributed by atoms with E-state index in [2.05, 4.69) is 25.8 Å². The normalized spacial score (nSPS) is 15.5. The molecular formula is C16H21ClIN5O2. The molecule has 1 aliphatic heterocycles. The summed E-state index contributed by atoms with van der Waals surface area (Å²) in [6.07, 6.45) is 1.94. The topological polar surface area (TPSA) is 84.6 Å². The summed E-state index contributed by atoms with van der Waals surface area (Å²) in [6, 6.07) is 7.72. The molecule has 0 saturated carbocycles. The van der Waals surface area contributed by atoms with Crippen LogP contribution in [0.1, 0.15) is 18.7 Å². The Kier molecular flexibility index (Phi) is 7.91. The Morgan fingerprint density at radius 1 is 1.36 bits per heavy atom. The summed E-state index contributed by atoms with van der Waals surface area (Å²) in [5, 5.41) is 11.2. The first kappa shape index (κ1) is 19.9. The van der Waals surface area contributed by atoms with Crippen LogP contribution in [0, 0.1) is 0 Å². The number of hydrogen-bond acceptors (Lipinski definition) is 5. The number of nitrogens with one attached hydrogen (secondary N) is 2. The van der Waals surface area contributed by atoms with E-state index in [1.165, 1.54) is 0 Å². The van der Waals surface area contributed by atoms with E-state index in [9.17, 15) is 0 Å². The number of rotatable bonds is 4. The van der Waals surface area contributed by atoms with Crippen LogP contribution in [0.4, 0.5) is 0 Å². The van der Waals surface area contributed by atoms with E-state index < -0.39 is 0 Å². The lowest BCUT2D eigenvalue weighted by Crippen LogP contribution is -2.45. The van der Waals surface area contributed by atoms with E-state index in [-0.39, 0.29) is 24.0 Å². The van der Waals surface area contributed by atoms with Gasteiger partial charge in [0.15, 0.2) is 5.96 Å². The fourth-order valence-corrected chi connectivity index (χ4v) is 2.65. The van der Waals surface area contributed by atoms with Crippen LogP contribution in [0.2, 0.25) is 5.02 Å². The molecule has 25 heavy (non-hydrogen) atoms. The number of ether oxygens (including phenoxy) is 1. The van der Waals surface area contributed by atoms with Crippen molar-refractivity contribution in [3.63, 3.8) is 0 Å². The van der Waals surface area contributed by atoms with Crippen LogP contribution in [0.3, 0.4) is 0 Å². The minimum atomic E-state index is 0. The number of aromatic nitrogens is 2. The van der Waals surface area contributed by atoms with Crippen molar-refractivity contribution in [2.45, 2.75) is 25.4 Å². The van der Waals surface area contributed by atoms with Gasteiger partial charge in [0.05, 0.1) is 6.54 Å². The van der Waals surface area contributed by atoms with Crippen LogP contribution in [-0.4, -0.2) is 42.4 Å². The number of benzene rings is 1. The van der Waals surface area contributed by atoms with E-state index >= 15 is 0 Å². The molecule has 2 aromatic rings. The molecule has 2 N–H and O–H groups in total. The molecule has 1 aliphatic rings. The van der Waals surface area contributed by atoms with Gasteiger partial charge >= 0.3 is 0 Å². The molecule has 9 heteroatoms. The van der Waals surface area contributed by atoms with Crippen LogP contribution in [0.15, 0.2) is 33.8 Å². The third-order valence-corrected chi connectivity index (χ3v) is 3.98. The first-order chi connectivity index (χ1) is 11.7. The Balaban J connectivity index is 0.00000225. The Morgan fingerprint density at radius 3 is 2.88 bits per heavy atom. The van der Waals surface area contributed by atoms with Crippen LogP contribution in [0.25, 0.3) is 11.4 Å². The molecule has 0 amide bonds. The second-order valence-electron chi connectivity index (χ2n) is 5.48. The summed E-state index contributed by atoms with van der Waals surface area (Å²) >= 11 is 5.98. The Labute approximate surface area is 168 Å². The van der Waals surface area contributed by atoms with Gasteiger partial charge in [-0.05, 0) is 25.0 Å². The summed E-state index contributed by atoms with van der Waals surface area (Å²) in [7, 11) is 1.74. The minimum Gasteiger partial charge on any atom is -0.381 e. The van der Waals surface area contributed by atoms with Gasteiger partial charge in [0.2, 0.25) is 11.7 Å². The van der Waals surface area contributed by atoms with Gasteiger partial charge in [0, 0.05) is 36.9 Å². The Hall–Kier alpha value is -1.39. The summed E-state index contributed by atoms with van der Waals surface area (Å²) in [6.45, 7) is 1.96. The second-order valence-corrected chi connectivity index (χ2v) is 5.92. The maximum atomic E-state index is 5.98. The number of guanidine groups is 1. The van der Waals surface area contributed by atoms with Crippen molar-refractivity contribution >= 4 is 41.5 Å². The number of nitrogens with zero attached hydrogens (tertiary/aromatic N) is 3. The fraction of sp³-hybridized carbons (Fsp3) is 0.438. The number of aliphatic imine (C=N–C) groups is 1. The zero-order valence-corrected chi connectivity index (χ0v) is 17.0. The molecule has 0 spiro atoms. The van der Waals surface area contributed by atoms with Crippen molar-refractivity contribution in [1.29, 1.82) is 0 Å². The highest BCUT2D eigenvalue weighted by atomic mass is 127. The van der Waals surface area contributed by atoms with Gasteiger partial charge in [-0.2, -0.15) is 4.98 Å². The lowest BCUT2D eigenvalue weighted by atomic mass is 10.1. The van der Waals surface area contributed by atoms with Gasteiger partial charge in [0.1, 0.15) is 0 Å². The lowest BCUT2D eigenvalue weighted by Gasteiger charge is -2.24. The highest BCUT2D eigenvalue weighted by Crippen LogP contribution is 2.19. The average Bonchev–Trinajstić information content (AvgIpc) is 3.08. The van der Waals surface area contributed by atoms with Crippen LogP contribution in [-0.2, 0) is 11.3 Å². The third kappa shape index (κ3) is 5.82. The Bertz CT molecular complexity index is 703. The monoisotopic (exact) mass is 477 g/mol. The predicted octanol–water partition coefficient (Wildman–Crippen LogP) is 2.85. The van der Waals surface area contributed by atoms with Crippen LogP contribution in [0.5, 0.6) is 0 Å². The van der Waals surface area contributed by atoms with Crippen molar-refractivity contribution in [3.05, 3.63) is 35.2 Å². The molecule has 7 nitrogen and oxygen atoms in total. The Morgan fingerprint density at radius 2 is 2.16 bits per heavy atom. The smallest absolute Gasteiger partial charge is 0.246 e. The first-order valence-corrected chi connectivity index (χ1v) is 8.26. The van der Waals surface area contributed by atoms with Crippen LogP contribution >= 0.6 is 35.6 Å². The first-order valence-electron chi connectivity index (χ1n) is 7.88. The summed E-state index contributed by atoms with van der Waals surface area (Å²) in [5.74, 6) is 1.71. The molecule has 0 bridgehead atoms. The van der Waals surface area contributed by atoms with Gasteiger partial charge in [0.25, 0.3) is 0 Å². The van der Waals surface area contributed by atoms with E-state index in [1.807, 2.05) is 12.1 Å². The van der Waals surface area contributed by atoms with E-state index in [4.69, 9.17) is 20.9 Å². The SMILES string of the molecule is CN=C(NCc1nc(-c2cccc(Cl)c2)no1)NC1CCOCC1.I. The van der Waals surface area contributed by atoms with Gasteiger partial charge in [-0.15, -0.1) is 24.0 Å². The molecule has 0 atom stereocenters. The fourth-order valence-electron chi connectivity index (χ4n) is 2.46. The molecule has 136 valence electrons. The number of halogens is 2. The van der Waals surface area contributed by atoms with Crippen molar-refractivity contribution in [2.24, 2.45) is 4.99 Å². The summed E-state index contributed by atoms with van der Waals surface area (Å²) in [5.41, 5.74) is 0.821. The van der Waals surface area contributed by atoms with Crippen LogP contribution < -0.4 is 10.6 Å². The molecule has 1 fully saturated rings. The molecule has 1 aromatic carbocycles. The van der Waals surface area contributed by atoms with Crippen molar-refractivity contribution in [1.82, 2.24) is 20.8 Å². The van der Waals surface area contributed by atoms with Crippen molar-refractivity contribution in [3.8, 4) is 11.4 Å². The van der Waals surface area contributed by atoms with Gasteiger partial charge < -0.3 is 19.9 Å². The highest BCUT2D eigenvalue weighted by molar-refractivity contribution is 14.0. The van der Waals surface area contributed by atoms with Gasteiger partial charge in [-0.3, -0.25) is 4.99 Å². The molecule has 0 radical (unpaired) electrons. The zero-order chi connectivity index (χ0) is 16.8. The minimum absolute atomic E-state index is 0. The van der Waals surface area contributed by atoms with E-state index in [0.717, 1.165) is 31.6 Å². The van der Waals surface area contributed by atoms with Gasteiger partial charge in [-0.25, -0.2) is 0 Å². The average molecular weight is 478 g/mol. The van der Waals surface area contributed by atoms with Crippen molar-refractivity contribution in [2.75, 3.05) is 20.3 Å².